The van der Waals surface area contributed by atoms with Crippen LogP contribution >= 0.6 is 12.4 Å². The Labute approximate surface area is 168 Å². The van der Waals surface area contributed by atoms with Gasteiger partial charge in [0.25, 0.3) is 0 Å². The third-order valence-corrected chi connectivity index (χ3v) is 4.79. The van der Waals surface area contributed by atoms with Crippen molar-refractivity contribution in [2.24, 2.45) is 5.73 Å². The van der Waals surface area contributed by atoms with Crippen LogP contribution in [-0.2, 0) is 16.0 Å². The molecule has 0 spiro atoms. The Kier molecular flexibility index (Phi) is 11.0. The van der Waals surface area contributed by atoms with E-state index in [0.717, 1.165) is 38.9 Å². The molecule has 27 heavy (non-hydrogen) atoms. The van der Waals surface area contributed by atoms with Crippen molar-refractivity contribution in [1.29, 1.82) is 0 Å². The van der Waals surface area contributed by atoms with Crippen molar-refractivity contribution in [3.05, 3.63) is 35.9 Å². The number of nitrogens with zero attached hydrogens (tertiary/aromatic N) is 2. The number of nitrogens with two attached hydrogens (primary N) is 1. The first-order valence-electron chi connectivity index (χ1n) is 9.64. The minimum absolute atomic E-state index is 0. The Morgan fingerprint density at radius 2 is 1.81 bits per heavy atom. The zero-order valence-electron chi connectivity index (χ0n) is 16.2. The van der Waals surface area contributed by atoms with Gasteiger partial charge in [-0.05, 0) is 38.2 Å². The lowest BCUT2D eigenvalue weighted by atomic mass is 10.1. The van der Waals surface area contributed by atoms with Gasteiger partial charge in [0.15, 0.2) is 0 Å². The van der Waals surface area contributed by atoms with E-state index in [-0.39, 0.29) is 30.8 Å². The molecule has 0 aliphatic carbocycles. The van der Waals surface area contributed by atoms with Gasteiger partial charge in [0.05, 0.1) is 6.54 Å². The van der Waals surface area contributed by atoms with E-state index in [2.05, 4.69) is 17.4 Å². The largest absolute Gasteiger partial charge is 0.343 e. The molecule has 0 bridgehead atoms. The number of halogens is 1. The third-order valence-electron chi connectivity index (χ3n) is 4.79. The molecule has 1 unspecified atom stereocenters. The normalized spacial score (nSPS) is 15.1. The number of rotatable bonds is 9. The second kappa shape index (κ2) is 12.7. The quantitative estimate of drug-likeness (QED) is 0.661. The van der Waals surface area contributed by atoms with E-state index in [1.54, 1.807) is 6.92 Å². The van der Waals surface area contributed by atoms with Gasteiger partial charge in [-0.1, -0.05) is 30.3 Å². The summed E-state index contributed by atoms with van der Waals surface area (Å²) in [6.45, 7) is 5.57. The summed E-state index contributed by atoms with van der Waals surface area (Å²) in [5.74, 6) is -0.0999. The lowest BCUT2D eigenvalue weighted by Crippen LogP contribution is -2.50. The second-order valence-corrected chi connectivity index (χ2v) is 6.98. The molecule has 1 aromatic rings. The van der Waals surface area contributed by atoms with Crippen LogP contribution in [0.15, 0.2) is 30.3 Å². The molecule has 0 aromatic heterocycles. The van der Waals surface area contributed by atoms with E-state index in [1.807, 2.05) is 28.0 Å². The fraction of sp³-hybridized carbons (Fsp3) is 0.600. The molecule has 1 aliphatic rings. The van der Waals surface area contributed by atoms with Crippen LogP contribution in [0.1, 0.15) is 31.7 Å². The molecule has 3 N–H and O–H groups in total. The van der Waals surface area contributed by atoms with Gasteiger partial charge >= 0.3 is 0 Å². The number of carbonyl (C=O) groups is 2. The maximum Gasteiger partial charge on any atom is 0.244 e. The van der Waals surface area contributed by atoms with E-state index in [9.17, 15) is 9.59 Å². The summed E-state index contributed by atoms with van der Waals surface area (Å²) in [7, 11) is 0. The van der Waals surface area contributed by atoms with Crippen molar-refractivity contribution in [2.45, 2.75) is 38.6 Å². The molecule has 2 amide bonds. The Morgan fingerprint density at radius 3 is 2.44 bits per heavy atom. The molecule has 1 atom stereocenters. The van der Waals surface area contributed by atoms with Crippen LogP contribution in [0.4, 0.5) is 0 Å². The predicted molar refractivity (Wildman–Crippen MR) is 111 cm³/mol. The standard InChI is InChI=1S/C20H32N4O2.ClH/c1-17(20(26)24-12-6-3-7-13-24)22-19(25)16-23(15-11-21)14-10-18-8-4-2-5-9-18;/h2,4-5,8-9,17H,3,6-7,10-16,21H2,1H3,(H,22,25);1H. The number of benzene rings is 1. The van der Waals surface area contributed by atoms with E-state index < -0.39 is 6.04 Å². The Hall–Kier alpha value is -1.63. The topological polar surface area (TPSA) is 78.7 Å². The average molecular weight is 397 g/mol. The van der Waals surface area contributed by atoms with Gasteiger partial charge < -0.3 is 16.0 Å². The van der Waals surface area contributed by atoms with Crippen LogP contribution in [0, 0.1) is 0 Å². The molecule has 0 radical (unpaired) electrons. The number of hydrogen-bond acceptors (Lipinski definition) is 4. The van der Waals surface area contributed by atoms with E-state index >= 15 is 0 Å². The maximum absolute atomic E-state index is 12.4. The number of likely N-dealkylation sites (tertiary alicyclic amines) is 1. The van der Waals surface area contributed by atoms with Gasteiger partial charge in [-0.2, -0.15) is 0 Å². The van der Waals surface area contributed by atoms with Crippen molar-refractivity contribution in [3.8, 4) is 0 Å². The van der Waals surface area contributed by atoms with Crippen molar-refractivity contribution >= 4 is 24.2 Å². The van der Waals surface area contributed by atoms with E-state index in [1.165, 1.54) is 12.0 Å². The summed E-state index contributed by atoms with van der Waals surface area (Å²) in [5.41, 5.74) is 6.93. The smallest absolute Gasteiger partial charge is 0.244 e. The van der Waals surface area contributed by atoms with Gasteiger partial charge in [0.2, 0.25) is 11.8 Å². The fourth-order valence-electron chi connectivity index (χ4n) is 3.32. The van der Waals surface area contributed by atoms with Crippen LogP contribution in [0.25, 0.3) is 0 Å². The zero-order chi connectivity index (χ0) is 18.8. The summed E-state index contributed by atoms with van der Waals surface area (Å²) >= 11 is 0. The SMILES string of the molecule is CC(NC(=O)CN(CCN)CCc1ccccc1)C(=O)N1CCCCC1.Cl. The second-order valence-electron chi connectivity index (χ2n) is 6.98. The predicted octanol–water partition coefficient (Wildman–Crippen LogP) is 1.43. The minimum atomic E-state index is -0.477. The molecular weight excluding hydrogens is 364 g/mol. The van der Waals surface area contributed by atoms with Gasteiger partial charge in [0.1, 0.15) is 6.04 Å². The molecule has 1 saturated heterocycles. The number of carbonyl (C=O) groups excluding carboxylic acids is 2. The highest BCUT2D eigenvalue weighted by Gasteiger charge is 2.23. The first-order valence-corrected chi connectivity index (χ1v) is 9.64. The number of piperidine rings is 1. The molecule has 152 valence electrons. The molecule has 1 aromatic carbocycles. The summed E-state index contributed by atoms with van der Waals surface area (Å²) in [6.07, 6.45) is 4.16. The van der Waals surface area contributed by atoms with Crippen molar-refractivity contribution < 1.29 is 9.59 Å². The monoisotopic (exact) mass is 396 g/mol. The first kappa shape index (κ1) is 23.4. The Morgan fingerprint density at radius 1 is 1.15 bits per heavy atom. The highest BCUT2D eigenvalue weighted by atomic mass is 35.5. The zero-order valence-corrected chi connectivity index (χ0v) is 17.0. The third kappa shape index (κ3) is 8.28. The summed E-state index contributed by atoms with van der Waals surface area (Å²) in [4.78, 5) is 28.7. The lowest BCUT2D eigenvalue weighted by molar-refractivity contribution is -0.137. The van der Waals surface area contributed by atoms with E-state index in [4.69, 9.17) is 5.73 Å². The van der Waals surface area contributed by atoms with Crippen LogP contribution in [-0.4, -0.2) is 66.9 Å². The van der Waals surface area contributed by atoms with Gasteiger partial charge in [-0.25, -0.2) is 0 Å². The summed E-state index contributed by atoms with van der Waals surface area (Å²) in [6, 6.07) is 9.72. The molecule has 1 fully saturated rings. The molecular formula is C20H33ClN4O2. The van der Waals surface area contributed by atoms with Gasteiger partial charge in [0, 0.05) is 32.7 Å². The highest BCUT2D eigenvalue weighted by Crippen LogP contribution is 2.10. The van der Waals surface area contributed by atoms with Crippen LogP contribution in [0.5, 0.6) is 0 Å². The van der Waals surface area contributed by atoms with Crippen LogP contribution < -0.4 is 11.1 Å². The average Bonchev–Trinajstić information content (AvgIpc) is 2.67. The van der Waals surface area contributed by atoms with Crippen LogP contribution in [0.2, 0.25) is 0 Å². The minimum Gasteiger partial charge on any atom is -0.343 e. The number of hydrogen-bond donors (Lipinski definition) is 2. The molecule has 6 nitrogen and oxygen atoms in total. The van der Waals surface area contributed by atoms with Crippen LogP contribution in [0.3, 0.4) is 0 Å². The lowest BCUT2D eigenvalue weighted by Gasteiger charge is -2.30. The Bertz CT molecular complexity index is 564. The fourth-order valence-corrected chi connectivity index (χ4v) is 3.32. The highest BCUT2D eigenvalue weighted by molar-refractivity contribution is 5.88. The maximum atomic E-state index is 12.4. The summed E-state index contributed by atoms with van der Waals surface area (Å²) in [5, 5.41) is 2.85. The van der Waals surface area contributed by atoms with Crippen molar-refractivity contribution in [2.75, 3.05) is 39.3 Å². The molecule has 7 heteroatoms. The van der Waals surface area contributed by atoms with E-state index in [0.29, 0.717) is 13.1 Å². The number of amides is 2. The Balaban J connectivity index is 0.00000364. The molecule has 0 saturated carbocycles. The van der Waals surface area contributed by atoms with Gasteiger partial charge in [-0.3, -0.25) is 14.5 Å². The molecule has 2 rings (SSSR count). The summed E-state index contributed by atoms with van der Waals surface area (Å²) < 4.78 is 0. The van der Waals surface area contributed by atoms with Crippen molar-refractivity contribution in [1.82, 2.24) is 15.1 Å². The van der Waals surface area contributed by atoms with Crippen molar-refractivity contribution in [3.63, 3.8) is 0 Å². The van der Waals surface area contributed by atoms with Gasteiger partial charge in [-0.15, -0.1) is 12.4 Å². The number of nitrogens with one attached hydrogen (secondary N) is 1. The molecule has 1 aliphatic heterocycles. The molecule has 1 heterocycles. The first-order chi connectivity index (χ1) is 12.6.